The maximum atomic E-state index is 14.0. The molecule has 15 unspecified atom stereocenters. The van der Waals surface area contributed by atoms with Crippen LogP contribution in [0.1, 0.15) is 116 Å². The van der Waals surface area contributed by atoms with E-state index in [9.17, 15) is 95.5 Å². The first-order valence-corrected chi connectivity index (χ1v) is 33.5. The van der Waals surface area contributed by atoms with Gasteiger partial charge in [0.05, 0.1) is 57.4 Å². The lowest BCUT2D eigenvalue weighted by atomic mass is 9.79. The molecule has 7 rings (SSSR count). The van der Waals surface area contributed by atoms with Crippen LogP contribution in [-0.2, 0) is 66.5 Å². The summed E-state index contributed by atoms with van der Waals surface area (Å²) in [4.78, 5) is 65.1. The number of aliphatic hydroxyl groups excluding tert-OH is 14. The van der Waals surface area contributed by atoms with Crippen molar-refractivity contribution < 1.29 is 148 Å². The number of aliphatic hydroxyl groups is 14. The zero-order chi connectivity index (χ0) is 71.8. The number of carbonyl (C=O) groups is 5. The Labute approximate surface area is 566 Å². The van der Waals surface area contributed by atoms with Crippen LogP contribution < -0.4 is 31.3 Å². The first-order chi connectivity index (χ1) is 46.7. The molecule has 560 valence electrons. The molecule has 5 saturated heterocycles. The normalized spacial score (nSPS) is 39.8. The number of hydrogen-bond acceptors (Lipinski definition) is 30. The number of unbranched alkanes of at least 4 members (excludes halogenated alkanes) is 8. The third-order valence-corrected chi connectivity index (χ3v) is 18.5. The Morgan fingerprint density at radius 1 is 0.459 bits per heavy atom. The molecule has 6 aliphatic rings. The second-order valence-electron chi connectivity index (χ2n) is 25.9. The third kappa shape index (κ3) is 20.6. The van der Waals surface area contributed by atoms with Crippen LogP contribution in [-0.4, -0.2) is 318 Å². The number of benzene rings is 1. The molecule has 35 nitrogen and oxygen atoms in total. The molecule has 0 bridgehead atoms. The smallest absolute Gasteiger partial charge is 0.251 e. The summed E-state index contributed by atoms with van der Waals surface area (Å²) in [6.45, 7) is 3.76. The van der Waals surface area contributed by atoms with E-state index in [0.29, 0.717) is 12.4 Å². The lowest BCUT2D eigenvalue weighted by molar-refractivity contribution is -0.365. The minimum Gasteiger partial charge on any atom is -0.494 e. The highest BCUT2D eigenvalue weighted by atomic mass is 16.8. The van der Waals surface area contributed by atoms with Gasteiger partial charge in [0.25, 0.3) is 5.91 Å². The highest BCUT2D eigenvalue weighted by molar-refractivity contribution is 5.94. The van der Waals surface area contributed by atoms with E-state index in [1.54, 1.807) is 12.1 Å². The predicted molar refractivity (Wildman–Crippen MR) is 332 cm³/mol. The van der Waals surface area contributed by atoms with Gasteiger partial charge >= 0.3 is 0 Å². The number of rotatable bonds is 32. The fourth-order valence-corrected chi connectivity index (χ4v) is 13.2. The average Bonchev–Trinajstić information content (AvgIpc) is 0.772. The van der Waals surface area contributed by atoms with E-state index >= 15 is 0 Å². The molecule has 0 aromatic heterocycles. The Hall–Kier alpha value is -4.59. The Morgan fingerprint density at radius 2 is 0.908 bits per heavy atom. The zero-order valence-corrected chi connectivity index (χ0v) is 55.7. The highest BCUT2D eigenvalue weighted by Crippen LogP contribution is 2.38. The van der Waals surface area contributed by atoms with Crippen molar-refractivity contribution >= 4 is 29.5 Å². The Kier molecular flexibility index (Phi) is 31.4. The summed E-state index contributed by atoms with van der Waals surface area (Å²) in [7, 11) is 0. The maximum absolute atomic E-state index is 14.0. The number of carbonyl (C=O) groups excluding carboxylic acids is 5. The molecule has 6 fully saturated rings. The molecule has 1 saturated carbocycles. The SMILES string of the molecule is CCCCCCCCCCCOc1cccc(C(=O)N[C@@H]2C(O[C@H]3C(O)C(NC(C)=O)C(OC4C(CO)O[C@@H](O[C@H]5C(O)C(NC(C)=O)C(OC6C(CO[C@@H]7OC(C)C(O)[C@H](O)[C@H]7O)OC(O)[C@@H](NC(C)=O)[C@H]6O)O[C@H]5CO)[C@@H](NC(C)=O)[C@H]4O)O[C@H]3CO)CC(CO)[C@@H](O)[C@@H]2O)c1. The van der Waals surface area contributed by atoms with Crippen molar-refractivity contribution in [2.75, 3.05) is 39.6 Å². The second kappa shape index (κ2) is 38.1. The van der Waals surface area contributed by atoms with E-state index in [1.165, 1.54) is 51.2 Å². The van der Waals surface area contributed by atoms with E-state index in [-0.39, 0.29) is 12.0 Å². The Balaban J connectivity index is 1.07. The summed E-state index contributed by atoms with van der Waals surface area (Å²) < 4.78 is 66.5. The van der Waals surface area contributed by atoms with Gasteiger partial charge in [-0.25, -0.2) is 0 Å². The van der Waals surface area contributed by atoms with Gasteiger partial charge in [-0.2, -0.15) is 0 Å². The summed E-state index contributed by atoms with van der Waals surface area (Å²) in [5, 5.41) is 169. The number of ether oxygens (including phenoxy) is 11. The molecule has 98 heavy (non-hydrogen) atoms. The van der Waals surface area contributed by atoms with Gasteiger partial charge in [0.1, 0.15) is 128 Å². The van der Waals surface area contributed by atoms with Gasteiger partial charge in [0.15, 0.2) is 31.5 Å². The molecule has 0 radical (unpaired) electrons. The van der Waals surface area contributed by atoms with Crippen LogP contribution in [0.25, 0.3) is 0 Å². The molecular formula is C63H103N5O30. The standard InChI is InChI=1S/C63H103N5O30/c1-7-8-9-10-11-12-13-14-15-19-88-34-18-16-17-32(20-34)58(86)68-40-35(21-33(22-69)46(78)47(40)79)91-54-36(23-70)93-60(42(49(54)81)65-29(4)74)96-55-37(24-71)94-61(43(50(55)82)66-30(5)75)97-56-38(25-72)95-62(44(51(56)83)67-31(6)76)98-57-39(92-59(87)41(48(57)80)64-28(3)73)26-89-63-53(85)52(84)45(77)27(2)90-63/h16-18,20,27,33,35-57,59-63,69-72,77-85,87H,7-15,19,21-26H2,1-6H3,(H,64,73)(H,65,74)(H,66,75)(H,67,76)(H,68,86)/t27?,33?,35?,36-,37?,38-,39?,40+,41-,42?,43-,44?,45?,46+,47+,48+,49?,50+,51?,52-,53+,54+,55?,56+,57?,59?,60?,61-,62?,63+/m0/s1. The zero-order valence-electron chi connectivity index (χ0n) is 55.7. The van der Waals surface area contributed by atoms with Crippen LogP contribution in [0, 0.1) is 5.92 Å². The lowest BCUT2D eigenvalue weighted by Crippen LogP contribution is -2.72. The summed E-state index contributed by atoms with van der Waals surface area (Å²) in [5.41, 5.74) is 0.115. The maximum Gasteiger partial charge on any atom is 0.251 e. The van der Waals surface area contributed by atoms with Crippen LogP contribution in [0.15, 0.2) is 24.3 Å². The van der Waals surface area contributed by atoms with Gasteiger partial charge in [-0.05, 0) is 38.0 Å². The topological polar surface area (TPSA) is 530 Å². The van der Waals surface area contributed by atoms with Crippen molar-refractivity contribution in [1.29, 1.82) is 0 Å². The first kappa shape index (κ1) is 80.7. The van der Waals surface area contributed by atoms with E-state index in [1.807, 2.05) is 0 Å². The Bertz CT molecular complexity index is 2660. The number of hydrogen-bond donors (Lipinski definition) is 19. The molecule has 5 heterocycles. The number of nitrogens with one attached hydrogen (secondary N) is 5. The summed E-state index contributed by atoms with van der Waals surface area (Å²) >= 11 is 0. The molecular weight excluding hydrogens is 1310 g/mol. The fraction of sp³-hybridized carbons (Fsp3) is 0.825. The van der Waals surface area contributed by atoms with Crippen LogP contribution in [0.4, 0.5) is 0 Å². The van der Waals surface area contributed by atoms with Crippen LogP contribution in [0.2, 0.25) is 0 Å². The fourth-order valence-electron chi connectivity index (χ4n) is 13.2. The van der Waals surface area contributed by atoms with Crippen LogP contribution in [0.5, 0.6) is 5.75 Å². The minimum absolute atomic E-state index is 0.115. The molecule has 5 aliphatic heterocycles. The molecule has 0 spiro atoms. The van der Waals surface area contributed by atoms with Crippen LogP contribution >= 0.6 is 0 Å². The monoisotopic (exact) mass is 1410 g/mol. The summed E-state index contributed by atoms with van der Waals surface area (Å²) in [6.07, 6.45) is -32.2. The number of amides is 5. The molecule has 1 aromatic rings. The molecule has 5 amide bonds. The van der Waals surface area contributed by atoms with Crippen molar-refractivity contribution in [3.8, 4) is 5.75 Å². The van der Waals surface area contributed by atoms with Crippen molar-refractivity contribution in [3.63, 3.8) is 0 Å². The van der Waals surface area contributed by atoms with Gasteiger partial charge in [0, 0.05) is 45.8 Å². The molecule has 35 heteroatoms. The first-order valence-electron chi connectivity index (χ1n) is 33.5. The summed E-state index contributed by atoms with van der Waals surface area (Å²) in [5.74, 6) is -4.56. The minimum atomic E-state index is -2.05. The van der Waals surface area contributed by atoms with Crippen LogP contribution in [0.3, 0.4) is 0 Å². The summed E-state index contributed by atoms with van der Waals surface area (Å²) in [6, 6.07) is -2.00. The molecule has 30 atom stereocenters. The molecule has 1 aliphatic carbocycles. The van der Waals surface area contributed by atoms with Gasteiger partial charge in [-0.15, -0.1) is 0 Å². The molecule has 1 aromatic carbocycles. The van der Waals surface area contributed by atoms with Gasteiger partial charge < -0.3 is 150 Å². The van der Waals surface area contributed by atoms with Gasteiger partial charge in [-0.3, -0.25) is 24.0 Å². The third-order valence-electron chi connectivity index (χ3n) is 18.5. The van der Waals surface area contributed by atoms with Gasteiger partial charge in [0.2, 0.25) is 23.6 Å². The van der Waals surface area contributed by atoms with Crippen molar-refractivity contribution in [3.05, 3.63) is 29.8 Å². The van der Waals surface area contributed by atoms with E-state index in [2.05, 4.69) is 33.5 Å². The Morgan fingerprint density at radius 3 is 1.38 bits per heavy atom. The van der Waals surface area contributed by atoms with E-state index in [4.69, 9.17) is 52.1 Å². The predicted octanol–water partition coefficient (Wildman–Crippen LogP) is -6.49. The average molecular weight is 1410 g/mol. The van der Waals surface area contributed by atoms with E-state index in [0.717, 1.165) is 53.4 Å². The van der Waals surface area contributed by atoms with Crippen molar-refractivity contribution in [2.24, 2.45) is 5.92 Å². The lowest BCUT2D eigenvalue weighted by Gasteiger charge is -2.51. The quantitative estimate of drug-likeness (QED) is 0.0298. The van der Waals surface area contributed by atoms with E-state index < -0.39 is 246 Å². The molecule has 19 N–H and O–H groups in total. The van der Waals surface area contributed by atoms with Crippen molar-refractivity contribution in [1.82, 2.24) is 26.6 Å². The van der Waals surface area contributed by atoms with Crippen molar-refractivity contribution in [2.45, 2.75) is 283 Å². The van der Waals surface area contributed by atoms with Gasteiger partial charge in [-0.1, -0.05) is 64.4 Å². The highest BCUT2D eigenvalue weighted by Gasteiger charge is 2.58. The second-order valence-corrected chi connectivity index (χ2v) is 25.9. The largest absolute Gasteiger partial charge is 0.494 e.